The second-order valence-corrected chi connectivity index (χ2v) is 7.28. The Hall–Kier alpha value is -3.35. The van der Waals surface area contributed by atoms with Crippen LogP contribution >= 0.6 is 0 Å². The highest BCUT2D eigenvalue weighted by molar-refractivity contribution is 5.90. The van der Waals surface area contributed by atoms with Crippen molar-refractivity contribution in [2.24, 2.45) is 0 Å². The Labute approximate surface area is 169 Å². The molecule has 2 amide bonds. The quantitative estimate of drug-likeness (QED) is 0.694. The topological polar surface area (TPSA) is 80.5 Å². The molecule has 1 saturated heterocycles. The van der Waals surface area contributed by atoms with Gasteiger partial charge in [0.15, 0.2) is 0 Å². The van der Waals surface area contributed by atoms with Crippen LogP contribution in [0.15, 0.2) is 47.0 Å². The van der Waals surface area contributed by atoms with Gasteiger partial charge in [0, 0.05) is 17.8 Å². The van der Waals surface area contributed by atoms with Gasteiger partial charge in [-0.15, -0.1) is 0 Å². The number of methoxy groups -OCH3 is 1. The minimum absolute atomic E-state index is 0.149. The molecule has 7 nitrogen and oxygen atoms in total. The first-order valence-electron chi connectivity index (χ1n) is 9.68. The number of nitrogens with one attached hydrogen (secondary N) is 1. The third-order valence-electron chi connectivity index (χ3n) is 5.21. The van der Waals surface area contributed by atoms with E-state index in [4.69, 9.17) is 9.26 Å². The predicted molar refractivity (Wildman–Crippen MR) is 110 cm³/mol. The van der Waals surface area contributed by atoms with Crippen molar-refractivity contribution in [3.8, 4) is 17.1 Å². The number of aryl methyl sites for hydroxylation is 2. The van der Waals surface area contributed by atoms with Gasteiger partial charge in [0.2, 0.25) is 11.7 Å². The smallest absolute Gasteiger partial charge is 0.322 e. The first kappa shape index (κ1) is 19.0. The van der Waals surface area contributed by atoms with E-state index in [0.29, 0.717) is 18.3 Å². The summed E-state index contributed by atoms with van der Waals surface area (Å²) in [4.78, 5) is 19.2. The summed E-state index contributed by atoms with van der Waals surface area (Å²) >= 11 is 0. The molecule has 150 valence electrons. The third-order valence-corrected chi connectivity index (χ3v) is 5.21. The Morgan fingerprint density at radius 3 is 2.72 bits per heavy atom. The average molecular weight is 392 g/mol. The van der Waals surface area contributed by atoms with Crippen molar-refractivity contribution in [1.82, 2.24) is 15.0 Å². The van der Waals surface area contributed by atoms with Gasteiger partial charge in [0.25, 0.3) is 0 Å². The van der Waals surface area contributed by atoms with E-state index in [1.807, 2.05) is 50.2 Å². The molecular formula is C22H24N4O3. The number of anilines is 1. The lowest BCUT2D eigenvalue weighted by molar-refractivity contribution is 0.193. The molecule has 1 aliphatic heterocycles. The minimum Gasteiger partial charge on any atom is -0.497 e. The molecule has 2 aromatic carbocycles. The van der Waals surface area contributed by atoms with Gasteiger partial charge >= 0.3 is 6.03 Å². The molecule has 0 unspecified atom stereocenters. The normalized spacial score (nSPS) is 16.1. The predicted octanol–water partition coefficient (Wildman–Crippen LogP) is 4.73. The molecule has 3 aromatic rings. The maximum absolute atomic E-state index is 12.9. The number of amides is 2. The van der Waals surface area contributed by atoms with Crippen molar-refractivity contribution in [1.29, 1.82) is 0 Å². The summed E-state index contributed by atoms with van der Waals surface area (Å²) in [5, 5.41) is 7.12. The number of nitrogens with zero attached hydrogens (tertiary/aromatic N) is 3. The van der Waals surface area contributed by atoms with Gasteiger partial charge in [-0.25, -0.2) is 4.79 Å². The lowest BCUT2D eigenvalue weighted by Gasteiger charge is -2.22. The summed E-state index contributed by atoms with van der Waals surface area (Å²) in [5.41, 5.74) is 3.85. The number of hydrogen-bond acceptors (Lipinski definition) is 5. The average Bonchev–Trinajstić information content (AvgIpc) is 3.39. The van der Waals surface area contributed by atoms with Crippen LogP contribution in [-0.2, 0) is 0 Å². The van der Waals surface area contributed by atoms with Crippen molar-refractivity contribution in [2.45, 2.75) is 32.7 Å². The highest BCUT2D eigenvalue weighted by Crippen LogP contribution is 2.33. The summed E-state index contributed by atoms with van der Waals surface area (Å²) < 4.78 is 10.7. The minimum atomic E-state index is -0.222. The molecular weight excluding hydrogens is 368 g/mol. The highest BCUT2D eigenvalue weighted by atomic mass is 16.5. The second kappa shape index (κ2) is 7.95. The molecule has 29 heavy (non-hydrogen) atoms. The molecule has 0 radical (unpaired) electrons. The van der Waals surface area contributed by atoms with Crippen LogP contribution in [0.2, 0.25) is 0 Å². The SMILES string of the molecule is COc1ccc(-c2noc([C@@H]3CCCN3C(=O)Nc3ccc(C)cc3C)n2)cc1. The van der Waals surface area contributed by atoms with Crippen LogP contribution in [0.1, 0.15) is 35.9 Å². The first-order chi connectivity index (χ1) is 14.0. The van der Waals surface area contributed by atoms with Crippen molar-refractivity contribution < 1.29 is 14.1 Å². The van der Waals surface area contributed by atoms with Crippen molar-refractivity contribution in [2.75, 3.05) is 19.0 Å². The summed E-state index contributed by atoms with van der Waals surface area (Å²) in [7, 11) is 1.62. The molecule has 0 saturated carbocycles. The number of urea groups is 1. The lowest BCUT2D eigenvalue weighted by Crippen LogP contribution is -2.34. The van der Waals surface area contributed by atoms with E-state index >= 15 is 0 Å². The fourth-order valence-electron chi connectivity index (χ4n) is 3.64. The number of ether oxygens (including phenoxy) is 1. The van der Waals surface area contributed by atoms with Crippen LogP contribution in [0.3, 0.4) is 0 Å². The molecule has 0 aliphatic carbocycles. The van der Waals surface area contributed by atoms with Crippen molar-refractivity contribution in [3.05, 3.63) is 59.5 Å². The summed E-state index contributed by atoms with van der Waals surface area (Å²) in [5.74, 6) is 1.73. The van der Waals surface area contributed by atoms with Crippen LogP contribution in [0.5, 0.6) is 5.75 Å². The first-order valence-corrected chi connectivity index (χ1v) is 9.68. The number of likely N-dealkylation sites (tertiary alicyclic amines) is 1. The highest BCUT2D eigenvalue weighted by Gasteiger charge is 2.34. The third kappa shape index (κ3) is 3.94. The summed E-state index contributed by atoms with van der Waals surface area (Å²) in [6, 6.07) is 13.1. The van der Waals surface area contributed by atoms with Gasteiger partial charge < -0.3 is 19.5 Å². The van der Waals surface area contributed by atoms with Gasteiger partial charge in [0.05, 0.1) is 7.11 Å². The molecule has 4 rings (SSSR count). The molecule has 1 aliphatic rings. The fourth-order valence-corrected chi connectivity index (χ4v) is 3.64. The fraction of sp³-hybridized carbons (Fsp3) is 0.318. The molecule has 1 aromatic heterocycles. The van der Waals surface area contributed by atoms with Crippen LogP contribution in [-0.4, -0.2) is 34.7 Å². The van der Waals surface area contributed by atoms with Gasteiger partial charge in [-0.05, 0) is 62.6 Å². The molecule has 7 heteroatoms. The zero-order valence-corrected chi connectivity index (χ0v) is 16.8. The van der Waals surface area contributed by atoms with E-state index in [1.54, 1.807) is 12.0 Å². The number of carbonyl (C=O) groups is 1. The Balaban J connectivity index is 1.50. The molecule has 2 heterocycles. The van der Waals surface area contributed by atoms with E-state index in [1.165, 1.54) is 0 Å². The Morgan fingerprint density at radius 1 is 1.21 bits per heavy atom. The van der Waals surface area contributed by atoms with Gasteiger partial charge in [0.1, 0.15) is 11.8 Å². The maximum atomic E-state index is 12.9. The van der Waals surface area contributed by atoms with Crippen molar-refractivity contribution >= 4 is 11.7 Å². The van der Waals surface area contributed by atoms with Crippen LogP contribution in [0.4, 0.5) is 10.5 Å². The van der Waals surface area contributed by atoms with E-state index in [-0.39, 0.29) is 12.1 Å². The molecule has 1 fully saturated rings. The Kier molecular flexibility index (Phi) is 5.20. The Morgan fingerprint density at radius 2 is 2.00 bits per heavy atom. The summed E-state index contributed by atoms with van der Waals surface area (Å²) in [6.07, 6.45) is 1.69. The number of benzene rings is 2. The van der Waals surface area contributed by atoms with E-state index in [9.17, 15) is 4.79 Å². The van der Waals surface area contributed by atoms with Crippen LogP contribution in [0, 0.1) is 13.8 Å². The molecule has 0 spiro atoms. The number of carbonyl (C=O) groups excluding carboxylic acids is 1. The zero-order valence-electron chi connectivity index (χ0n) is 16.8. The van der Waals surface area contributed by atoms with E-state index in [2.05, 4.69) is 21.5 Å². The molecule has 1 N–H and O–H groups in total. The van der Waals surface area contributed by atoms with Gasteiger partial charge in [-0.2, -0.15) is 4.98 Å². The number of aromatic nitrogens is 2. The lowest BCUT2D eigenvalue weighted by atomic mass is 10.1. The standard InChI is InChI=1S/C22H24N4O3/c1-14-6-11-18(15(2)13-14)23-22(27)26-12-4-5-19(26)21-24-20(25-29-21)16-7-9-17(28-3)10-8-16/h6-11,13,19H,4-5,12H2,1-3H3,(H,23,27)/t19-/m0/s1. The molecule has 1 atom stereocenters. The van der Waals surface area contributed by atoms with Gasteiger partial charge in [-0.3, -0.25) is 0 Å². The number of hydrogen-bond donors (Lipinski definition) is 1. The van der Waals surface area contributed by atoms with Crippen LogP contribution in [0.25, 0.3) is 11.4 Å². The number of rotatable bonds is 4. The maximum Gasteiger partial charge on any atom is 0.322 e. The monoisotopic (exact) mass is 392 g/mol. The largest absolute Gasteiger partial charge is 0.497 e. The summed E-state index contributed by atoms with van der Waals surface area (Å²) in [6.45, 7) is 4.68. The van der Waals surface area contributed by atoms with Crippen molar-refractivity contribution in [3.63, 3.8) is 0 Å². The second-order valence-electron chi connectivity index (χ2n) is 7.28. The molecule has 0 bridgehead atoms. The Bertz CT molecular complexity index is 1010. The van der Waals surface area contributed by atoms with E-state index < -0.39 is 0 Å². The van der Waals surface area contributed by atoms with E-state index in [0.717, 1.165) is 41.0 Å². The zero-order chi connectivity index (χ0) is 20.4. The van der Waals surface area contributed by atoms with Crippen LogP contribution < -0.4 is 10.1 Å². The van der Waals surface area contributed by atoms with Gasteiger partial charge in [-0.1, -0.05) is 22.9 Å².